The van der Waals surface area contributed by atoms with Crippen molar-refractivity contribution in [2.24, 2.45) is 0 Å². The Labute approximate surface area is 149 Å². The van der Waals surface area contributed by atoms with Gasteiger partial charge in [-0.15, -0.1) is 0 Å². The maximum absolute atomic E-state index is 12.8. The van der Waals surface area contributed by atoms with E-state index in [0.717, 1.165) is 18.4 Å². The largest absolute Gasteiger partial charge is 0.327 e. The van der Waals surface area contributed by atoms with Crippen LogP contribution in [0, 0.1) is 0 Å². The summed E-state index contributed by atoms with van der Waals surface area (Å²) < 4.78 is 0. The zero-order chi connectivity index (χ0) is 17.6. The van der Waals surface area contributed by atoms with Crippen LogP contribution in [0.1, 0.15) is 30.9 Å². The second-order valence-electron chi connectivity index (χ2n) is 6.40. The van der Waals surface area contributed by atoms with Gasteiger partial charge >= 0.3 is 6.03 Å². The topological polar surface area (TPSA) is 40.6 Å². The van der Waals surface area contributed by atoms with Gasteiger partial charge in [0.15, 0.2) is 0 Å². The van der Waals surface area contributed by atoms with E-state index >= 15 is 0 Å². The number of hydrogen-bond acceptors (Lipinski definition) is 2. The number of aryl methyl sites for hydroxylation is 1. The predicted molar refractivity (Wildman–Crippen MR) is 97.9 cm³/mol. The summed E-state index contributed by atoms with van der Waals surface area (Å²) in [6.07, 6.45) is 2.42. The molecule has 0 N–H and O–H groups in total. The van der Waals surface area contributed by atoms with Crippen LogP contribution >= 0.6 is 0 Å². The second kappa shape index (κ2) is 7.97. The van der Waals surface area contributed by atoms with Gasteiger partial charge in [-0.3, -0.25) is 9.69 Å². The Bertz CT molecular complexity index is 715. The predicted octanol–water partition coefficient (Wildman–Crippen LogP) is 3.86. The summed E-state index contributed by atoms with van der Waals surface area (Å²) in [4.78, 5) is 28.6. The lowest BCUT2D eigenvalue weighted by atomic mass is 10.1. The highest BCUT2D eigenvalue weighted by Gasteiger charge is 2.43. The molecule has 3 amide bonds. The Morgan fingerprint density at radius 2 is 1.48 bits per heavy atom. The zero-order valence-electron chi connectivity index (χ0n) is 14.6. The van der Waals surface area contributed by atoms with Crippen molar-refractivity contribution < 1.29 is 9.59 Å². The van der Waals surface area contributed by atoms with Crippen LogP contribution < -0.4 is 0 Å². The van der Waals surface area contributed by atoms with Gasteiger partial charge in [0.2, 0.25) is 0 Å². The third kappa shape index (κ3) is 3.90. The van der Waals surface area contributed by atoms with E-state index in [1.807, 2.05) is 55.5 Å². The Kier molecular flexibility index (Phi) is 5.49. The molecular weight excluding hydrogens is 312 g/mol. The molecule has 1 unspecified atom stereocenters. The molecular formula is C21H24N2O2. The van der Waals surface area contributed by atoms with E-state index in [1.165, 1.54) is 10.5 Å². The highest BCUT2D eigenvalue weighted by Crippen LogP contribution is 2.23. The van der Waals surface area contributed by atoms with Crippen LogP contribution in [0.2, 0.25) is 0 Å². The van der Waals surface area contributed by atoms with Crippen LogP contribution in [0.4, 0.5) is 4.79 Å². The van der Waals surface area contributed by atoms with Crippen molar-refractivity contribution in [3.8, 4) is 0 Å². The maximum Gasteiger partial charge on any atom is 0.327 e. The molecule has 4 heteroatoms. The first-order chi connectivity index (χ1) is 12.2. The van der Waals surface area contributed by atoms with Gasteiger partial charge in [-0.2, -0.15) is 0 Å². The Hall–Kier alpha value is -2.62. The van der Waals surface area contributed by atoms with Crippen LogP contribution in [-0.2, 0) is 17.8 Å². The van der Waals surface area contributed by atoms with Crippen LogP contribution in [0.3, 0.4) is 0 Å². The first kappa shape index (κ1) is 17.2. The molecule has 1 heterocycles. The minimum Gasteiger partial charge on any atom is -0.312 e. The number of imide groups is 1. The second-order valence-corrected chi connectivity index (χ2v) is 6.40. The molecule has 1 aliphatic heterocycles. The van der Waals surface area contributed by atoms with Gasteiger partial charge in [-0.05, 0) is 30.4 Å². The van der Waals surface area contributed by atoms with E-state index in [2.05, 4.69) is 12.1 Å². The van der Waals surface area contributed by atoms with Gasteiger partial charge in [0.05, 0.1) is 6.54 Å². The molecule has 1 saturated heterocycles. The number of carbonyl (C=O) groups is 2. The molecule has 0 spiro atoms. The van der Waals surface area contributed by atoms with E-state index < -0.39 is 0 Å². The Morgan fingerprint density at radius 3 is 2.08 bits per heavy atom. The molecule has 2 aromatic carbocycles. The summed E-state index contributed by atoms with van der Waals surface area (Å²) in [5, 5.41) is 0. The lowest BCUT2D eigenvalue weighted by molar-refractivity contribution is -0.128. The highest BCUT2D eigenvalue weighted by atomic mass is 16.2. The van der Waals surface area contributed by atoms with Crippen molar-refractivity contribution >= 4 is 11.9 Å². The monoisotopic (exact) mass is 336 g/mol. The fourth-order valence-corrected chi connectivity index (χ4v) is 3.35. The van der Waals surface area contributed by atoms with Crippen LogP contribution in [0.5, 0.6) is 0 Å². The zero-order valence-corrected chi connectivity index (χ0v) is 14.6. The molecule has 1 atom stereocenters. The van der Waals surface area contributed by atoms with Crippen LogP contribution in [0.15, 0.2) is 60.7 Å². The molecule has 130 valence electrons. The van der Waals surface area contributed by atoms with Crippen molar-refractivity contribution in [3.05, 3.63) is 71.8 Å². The summed E-state index contributed by atoms with van der Waals surface area (Å²) in [7, 11) is 0. The number of nitrogens with zero attached hydrogens (tertiary/aromatic N) is 2. The molecule has 0 aliphatic carbocycles. The molecule has 1 fully saturated rings. The smallest absolute Gasteiger partial charge is 0.312 e. The molecule has 4 nitrogen and oxygen atoms in total. The molecule has 3 rings (SSSR count). The average Bonchev–Trinajstić information content (AvgIpc) is 2.87. The van der Waals surface area contributed by atoms with E-state index in [0.29, 0.717) is 19.5 Å². The van der Waals surface area contributed by atoms with Gasteiger partial charge < -0.3 is 4.90 Å². The lowest BCUT2D eigenvalue weighted by Crippen LogP contribution is -2.35. The van der Waals surface area contributed by atoms with E-state index in [4.69, 9.17) is 0 Å². The number of carbonyl (C=O) groups excluding carboxylic acids is 2. The van der Waals surface area contributed by atoms with E-state index in [-0.39, 0.29) is 18.0 Å². The standard InChI is InChI=1S/C21H24N2O2/c1-2-19-20(24)23(16-18-12-7-4-8-13-18)21(25)22(19)15-9-14-17-10-5-3-6-11-17/h3-8,10-13,19H,2,9,14-16H2,1H3. The van der Waals surface area contributed by atoms with Crippen LogP contribution in [-0.4, -0.2) is 34.3 Å². The SMILES string of the molecule is CCC1C(=O)N(Cc2ccccc2)C(=O)N1CCCc1ccccc1. The van der Waals surface area contributed by atoms with Crippen molar-refractivity contribution in [1.29, 1.82) is 0 Å². The van der Waals surface area contributed by atoms with Crippen molar-refractivity contribution in [2.75, 3.05) is 6.54 Å². The minimum atomic E-state index is -0.327. The van der Waals surface area contributed by atoms with E-state index in [1.54, 1.807) is 4.90 Å². The molecule has 0 radical (unpaired) electrons. The lowest BCUT2D eigenvalue weighted by Gasteiger charge is -2.20. The van der Waals surface area contributed by atoms with Gasteiger partial charge in [-0.25, -0.2) is 4.79 Å². The molecule has 1 aliphatic rings. The summed E-state index contributed by atoms with van der Waals surface area (Å²) in [6, 6.07) is 19.4. The first-order valence-corrected chi connectivity index (χ1v) is 8.90. The molecule has 0 bridgehead atoms. The third-order valence-corrected chi connectivity index (χ3v) is 4.68. The summed E-state index contributed by atoms with van der Waals surface area (Å²) in [5.41, 5.74) is 2.24. The van der Waals surface area contributed by atoms with Crippen LogP contribution in [0.25, 0.3) is 0 Å². The first-order valence-electron chi connectivity index (χ1n) is 8.90. The van der Waals surface area contributed by atoms with Crippen molar-refractivity contribution in [2.45, 2.75) is 38.8 Å². The maximum atomic E-state index is 12.8. The van der Waals surface area contributed by atoms with Crippen molar-refractivity contribution in [3.63, 3.8) is 0 Å². The summed E-state index contributed by atoms with van der Waals surface area (Å²) in [5.74, 6) is -0.0731. The molecule has 0 aromatic heterocycles. The van der Waals surface area contributed by atoms with Gasteiger partial charge in [-0.1, -0.05) is 67.6 Å². The summed E-state index contributed by atoms with van der Waals surface area (Å²) in [6.45, 7) is 2.93. The normalized spacial score (nSPS) is 17.4. The van der Waals surface area contributed by atoms with Gasteiger partial charge in [0, 0.05) is 6.54 Å². The fourth-order valence-electron chi connectivity index (χ4n) is 3.35. The Morgan fingerprint density at radius 1 is 0.880 bits per heavy atom. The average molecular weight is 336 g/mol. The molecule has 0 saturated carbocycles. The highest BCUT2D eigenvalue weighted by molar-refractivity contribution is 6.04. The minimum absolute atomic E-state index is 0.0731. The Balaban J connectivity index is 1.64. The number of urea groups is 1. The fraction of sp³-hybridized carbons (Fsp3) is 0.333. The molecule has 2 aromatic rings. The number of benzene rings is 2. The number of hydrogen-bond donors (Lipinski definition) is 0. The molecule has 25 heavy (non-hydrogen) atoms. The quantitative estimate of drug-likeness (QED) is 0.720. The summed E-state index contributed by atoms with van der Waals surface area (Å²) >= 11 is 0. The third-order valence-electron chi connectivity index (χ3n) is 4.68. The number of rotatable bonds is 7. The van der Waals surface area contributed by atoms with Gasteiger partial charge in [0.1, 0.15) is 6.04 Å². The van der Waals surface area contributed by atoms with Crippen molar-refractivity contribution in [1.82, 2.24) is 9.80 Å². The number of amides is 3. The van der Waals surface area contributed by atoms with E-state index in [9.17, 15) is 9.59 Å². The van der Waals surface area contributed by atoms with Gasteiger partial charge in [0.25, 0.3) is 5.91 Å².